The molecule has 0 saturated carbocycles. The first-order chi connectivity index (χ1) is 13.2. The Morgan fingerprint density at radius 3 is 2.50 bits per heavy atom. The average molecular weight is 405 g/mol. The fourth-order valence-corrected chi connectivity index (χ4v) is 3.48. The third-order valence-corrected chi connectivity index (χ3v) is 4.77. The first-order valence-electron chi connectivity index (χ1n) is 8.55. The van der Waals surface area contributed by atoms with Gasteiger partial charge in [-0.2, -0.15) is 0 Å². The zero-order chi connectivity index (χ0) is 20.7. The van der Waals surface area contributed by atoms with E-state index >= 15 is 0 Å². The lowest BCUT2D eigenvalue weighted by atomic mass is 10.1. The first-order valence-corrected chi connectivity index (χ1v) is 10.6. The Labute approximate surface area is 164 Å². The summed E-state index contributed by atoms with van der Waals surface area (Å²) in [5.41, 5.74) is 1.47. The van der Waals surface area contributed by atoms with Gasteiger partial charge in [0, 0.05) is 11.8 Å². The molecule has 0 aromatic heterocycles. The fraction of sp³-hybridized carbons (Fsp3) is 0.300. The summed E-state index contributed by atoms with van der Waals surface area (Å²) >= 11 is 0. The molecule has 2 aromatic rings. The number of methoxy groups -OCH3 is 1. The minimum atomic E-state index is -3.22. The molecular weight excluding hydrogens is 382 g/mol. The van der Waals surface area contributed by atoms with Crippen LogP contribution in [0.1, 0.15) is 34.5 Å². The molecule has 0 spiro atoms. The van der Waals surface area contributed by atoms with Crippen molar-refractivity contribution in [1.82, 2.24) is 5.32 Å². The number of carbonyl (C=O) groups excluding carboxylic acids is 2. The number of hydrogen-bond acceptors (Lipinski definition) is 6. The van der Waals surface area contributed by atoms with Crippen molar-refractivity contribution in [3.05, 3.63) is 65.2 Å². The van der Waals surface area contributed by atoms with Gasteiger partial charge in [-0.05, 0) is 30.7 Å². The lowest BCUT2D eigenvalue weighted by molar-refractivity contribution is -0.124. The molecule has 0 aliphatic rings. The molecule has 0 bridgehead atoms. The van der Waals surface area contributed by atoms with Gasteiger partial charge in [-0.1, -0.05) is 30.3 Å². The summed E-state index contributed by atoms with van der Waals surface area (Å²) in [4.78, 5) is 24.3. The van der Waals surface area contributed by atoms with E-state index in [0.717, 1.165) is 11.8 Å². The van der Waals surface area contributed by atoms with Crippen molar-refractivity contribution >= 4 is 21.7 Å². The second-order valence-electron chi connectivity index (χ2n) is 6.38. The molecule has 1 unspecified atom stereocenters. The Hall–Kier alpha value is -2.87. The van der Waals surface area contributed by atoms with Crippen molar-refractivity contribution in [3.63, 3.8) is 0 Å². The van der Waals surface area contributed by atoms with Crippen molar-refractivity contribution in [1.29, 1.82) is 0 Å². The van der Waals surface area contributed by atoms with Crippen LogP contribution < -0.4 is 10.1 Å². The van der Waals surface area contributed by atoms with Gasteiger partial charge in [-0.15, -0.1) is 0 Å². The highest BCUT2D eigenvalue weighted by atomic mass is 32.2. The number of carbonyl (C=O) groups is 2. The highest BCUT2D eigenvalue weighted by Crippen LogP contribution is 2.24. The predicted octanol–water partition coefficient (Wildman–Crippen LogP) is 2.27. The molecule has 2 aromatic carbocycles. The van der Waals surface area contributed by atoms with Crippen LogP contribution in [0.4, 0.5) is 0 Å². The normalized spacial score (nSPS) is 12.1. The van der Waals surface area contributed by atoms with Crippen LogP contribution in [0.25, 0.3) is 0 Å². The second kappa shape index (κ2) is 9.36. The Kier molecular flexibility index (Phi) is 7.17. The van der Waals surface area contributed by atoms with E-state index in [0.29, 0.717) is 11.3 Å². The van der Waals surface area contributed by atoms with Crippen LogP contribution in [0.15, 0.2) is 48.5 Å². The Morgan fingerprint density at radius 1 is 1.11 bits per heavy atom. The number of esters is 1. The van der Waals surface area contributed by atoms with Crippen LogP contribution in [0.3, 0.4) is 0 Å². The molecule has 150 valence electrons. The lowest BCUT2D eigenvalue weighted by Gasteiger charge is -2.17. The van der Waals surface area contributed by atoms with E-state index in [1.807, 2.05) is 18.2 Å². The maximum Gasteiger partial charge on any atom is 0.338 e. The standard InChI is InChI=1S/C20H23NO6S/c1-14(17-9-4-5-10-18(17)26-2)21-19(22)12-27-20(23)16-8-6-7-15(11-16)13-28(3,24)25/h4-11,14H,12-13H2,1-3H3,(H,21,22). The molecule has 28 heavy (non-hydrogen) atoms. The minimum Gasteiger partial charge on any atom is -0.496 e. The summed E-state index contributed by atoms with van der Waals surface area (Å²) in [5, 5.41) is 2.74. The van der Waals surface area contributed by atoms with Gasteiger partial charge in [-0.25, -0.2) is 13.2 Å². The molecule has 1 atom stereocenters. The van der Waals surface area contributed by atoms with Gasteiger partial charge in [0.2, 0.25) is 0 Å². The molecule has 8 heteroatoms. The monoisotopic (exact) mass is 405 g/mol. The summed E-state index contributed by atoms with van der Waals surface area (Å²) in [6.07, 6.45) is 1.12. The molecule has 0 radical (unpaired) electrons. The number of sulfone groups is 1. The summed E-state index contributed by atoms with van der Waals surface area (Å²) in [6.45, 7) is 1.35. The molecular formula is C20H23NO6S. The third kappa shape index (κ3) is 6.38. The van der Waals surface area contributed by atoms with Crippen LogP contribution in [0.5, 0.6) is 5.75 Å². The maximum atomic E-state index is 12.2. The number of ether oxygens (including phenoxy) is 2. The number of nitrogens with one attached hydrogen (secondary N) is 1. The van der Waals surface area contributed by atoms with E-state index in [-0.39, 0.29) is 17.4 Å². The van der Waals surface area contributed by atoms with E-state index in [9.17, 15) is 18.0 Å². The molecule has 0 fully saturated rings. The molecule has 0 heterocycles. The molecule has 0 saturated heterocycles. The maximum absolute atomic E-state index is 12.2. The molecule has 0 aliphatic carbocycles. The quantitative estimate of drug-likeness (QED) is 0.677. The number of benzene rings is 2. The van der Waals surface area contributed by atoms with E-state index in [2.05, 4.69) is 5.32 Å². The van der Waals surface area contributed by atoms with Gasteiger partial charge < -0.3 is 14.8 Å². The van der Waals surface area contributed by atoms with Crippen LogP contribution in [0.2, 0.25) is 0 Å². The minimum absolute atomic E-state index is 0.176. The Morgan fingerprint density at radius 2 is 1.82 bits per heavy atom. The highest BCUT2D eigenvalue weighted by Gasteiger charge is 2.16. The van der Waals surface area contributed by atoms with Gasteiger partial charge in [0.25, 0.3) is 5.91 Å². The summed E-state index contributed by atoms with van der Waals surface area (Å²) < 4.78 is 33.1. The molecule has 7 nitrogen and oxygen atoms in total. The number of hydrogen-bond donors (Lipinski definition) is 1. The van der Waals surface area contributed by atoms with Gasteiger partial charge >= 0.3 is 5.97 Å². The number of rotatable bonds is 8. The highest BCUT2D eigenvalue weighted by molar-refractivity contribution is 7.89. The molecule has 2 rings (SSSR count). The largest absolute Gasteiger partial charge is 0.496 e. The van der Waals surface area contributed by atoms with Crippen molar-refractivity contribution < 1.29 is 27.5 Å². The van der Waals surface area contributed by atoms with Crippen molar-refractivity contribution in [2.24, 2.45) is 0 Å². The zero-order valence-electron chi connectivity index (χ0n) is 16.0. The first kappa shape index (κ1) is 21.4. The van der Waals surface area contributed by atoms with Gasteiger partial charge in [-0.3, -0.25) is 4.79 Å². The van der Waals surface area contributed by atoms with Gasteiger partial charge in [0.1, 0.15) is 5.75 Å². The van der Waals surface area contributed by atoms with Crippen LogP contribution >= 0.6 is 0 Å². The Bertz CT molecular complexity index is 955. The topological polar surface area (TPSA) is 98.8 Å². The Balaban J connectivity index is 1.93. The van der Waals surface area contributed by atoms with Crippen molar-refractivity contribution in [2.45, 2.75) is 18.7 Å². The lowest BCUT2D eigenvalue weighted by Crippen LogP contribution is -2.31. The average Bonchev–Trinajstić information content (AvgIpc) is 2.64. The van der Waals surface area contributed by atoms with Crippen LogP contribution in [-0.2, 0) is 25.1 Å². The number of amides is 1. The predicted molar refractivity (Wildman–Crippen MR) is 105 cm³/mol. The molecule has 1 amide bonds. The van der Waals surface area contributed by atoms with E-state index in [4.69, 9.17) is 9.47 Å². The third-order valence-electron chi connectivity index (χ3n) is 3.91. The van der Waals surface area contributed by atoms with E-state index in [1.54, 1.807) is 32.2 Å². The van der Waals surface area contributed by atoms with Crippen LogP contribution in [0, 0.1) is 0 Å². The summed E-state index contributed by atoms with van der Waals surface area (Å²) in [5.74, 6) is -0.685. The smallest absolute Gasteiger partial charge is 0.338 e. The van der Waals surface area contributed by atoms with E-state index in [1.165, 1.54) is 12.1 Å². The van der Waals surface area contributed by atoms with Gasteiger partial charge in [0.15, 0.2) is 16.4 Å². The molecule has 1 N–H and O–H groups in total. The number of para-hydroxylation sites is 1. The van der Waals surface area contributed by atoms with Crippen molar-refractivity contribution in [3.8, 4) is 5.75 Å². The summed E-state index contributed by atoms with van der Waals surface area (Å²) in [7, 11) is -1.67. The second-order valence-corrected chi connectivity index (χ2v) is 8.52. The fourth-order valence-electron chi connectivity index (χ4n) is 2.69. The van der Waals surface area contributed by atoms with Crippen LogP contribution in [-0.4, -0.2) is 40.3 Å². The van der Waals surface area contributed by atoms with Gasteiger partial charge in [0.05, 0.1) is 24.5 Å². The summed E-state index contributed by atoms with van der Waals surface area (Å²) in [6, 6.07) is 13.1. The SMILES string of the molecule is COc1ccccc1C(C)NC(=O)COC(=O)c1cccc(CS(C)(=O)=O)c1. The zero-order valence-corrected chi connectivity index (χ0v) is 16.8. The molecule has 0 aliphatic heterocycles. The van der Waals surface area contributed by atoms with E-state index < -0.39 is 28.3 Å². The van der Waals surface area contributed by atoms with Crippen molar-refractivity contribution in [2.75, 3.05) is 20.0 Å².